The standard InChI is InChI=1S/C21H38N4O7S2/c1-12(2)11-13(22)18(28)23-14(5-6-17(26)27)19(29)24-15(7-9-33-3)20(30)25-16(21(31)32)8-10-34-4/h12-16H,5-11,22H2,1-4H3,(H,23,28)(H,24,29)(H,25,30)(H,26,27)(H,31,32). The third-order valence-corrected chi connectivity index (χ3v) is 6.10. The summed E-state index contributed by atoms with van der Waals surface area (Å²) in [4.78, 5) is 60.7. The van der Waals surface area contributed by atoms with E-state index in [9.17, 15) is 29.1 Å². The molecule has 34 heavy (non-hydrogen) atoms. The number of carboxylic acids is 2. The Labute approximate surface area is 209 Å². The van der Waals surface area contributed by atoms with E-state index in [2.05, 4.69) is 16.0 Å². The van der Waals surface area contributed by atoms with Crippen LogP contribution in [-0.2, 0) is 24.0 Å². The molecule has 0 aromatic carbocycles. The molecule has 0 aromatic rings. The number of carbonyl (C=O) groups is 5. The zero-order valence-electron chi connectivity index (χ0n) is 20.2. The fourth-order valence-corrected chi connectivity index (χ4v) is 3.92. The van der Waals surface area contributed by atoms with E-state index < -0.39 is 53.8 Å². The molecule has 0 radical (unpaired) electrons. The number of nitrogens with two attached hydrogens (primary N) is 1. The summed E-state index contributed by atoms with van der Waals surface area (Å²) >= 11 is 2.89. The quantitative estimate of drug-likeness (QED) is 0.146. The summed E-state index contributed by atoms with van der Waals surface area (Å²) in [6.07, 6.45) is 3.89. The van der Waals surface area contributed by atoms with Crippen molar-refractivity contribution in [2.24, 2.45) is 11.7 Å². The van der Waals surface area contributed by atoms with Crippen LogP contribution in [0, 0.1) is 5.92 Å². The zero-order valence-corrected chi connectivity index (χ0v) is 21.8. The summed E-state index contributed by atoms with van der Waals surface area (Å²) in [7, 11) is 0. The Morgan fingerprint density at radius 2 is 1.21 bits per heavy atom. The van der Waals surface area contributed by atoms with Crippen molar-refractivity contribution in [3.8, 4) is 0 Å². The summed E-state index contributed by atoms with van der Waals surface area (Å²) < 4.78 is 0. The van der Waals surface area contributed by atoms with E-state index in [-0.39, 0.29) is 31.6 Å². The maximum atomic E-state index is 12.9. The molecule has 0 bridgehead atoms. The molecule has 196 valence electrons. The van der Waals surface area contributed by atoms with Crippen molar-refractivity contribution in [2.45, 2.75) is 70.1 Å². The zero-order chi connectivity index (χ0) is 26.3. The van der Waals surface area contributed by atoms with Crippen molar-refractivity contribution in [3.63, 3.8) is 0 Å². The second-order valence-corrected chi connectivity index (χ2v) is 10.2. The fourth-order valence-electron chi connectivity index (χ4n) is 2.97. The highest BCUT2D eigenvalue weighted by Gasteiger charge is 2.30. The van der Waals surface area contributed by atoms with E-state index in [1.807, 2.05) is 26.4 Å². The van der Waals surface area contributed by atoms with Gasteiger partial charge in [0.05, 0.1) is 6.04 Å². The summed E-state index contributed by atoms with van der Waals surface area (Å²) in [5.41, 5.74) is 5.88. The molecular formula is C21H38N4O7S2. The van der Waals surface area contributed by atoms with Crippen LogP contribution in [0.3, 0.4) is 0 Å². The number of aliphatic carboxylic acids is 2. The van der Waals surface area contributed by atoms with E-state index in [4.69, 9.17) is 10.8 Å². The maximum absolute atomic E-state index is 12.9. The normalized spacial score (nSPS) is 14.5. The second-order valence-electron chi connectivity index (χ2n) is 8.25. The molecule has 0 rings (SSSR count). The molecule has 0 fully saturated rings. The van der Waals surface area contributed by atoms with Gasteiger partial charge in [0.1, 0.15) is 18.1 Å². The minimum Gasteiger partial charge on any atom is -0.481 e. The lowest BCUT2D eigenvalue weighted by Crippen LogP contribution is -2.57. The molecule has 0 aliphatic heterocycles. The molecule has 4 unspecified atom stereocenters. The Morgan fingerprint density at radius 3 is 1.65 bits per heavy atom. The number of carbonyl (C=O) groups excluding carboxylic acids is 3. The highest BCUT2D eigenvalue weighted by molar-refractivity contribution is 7.98. The smallest absolute Gasteiger partial charge is 0.326 e. The van der Waals surface area contributed by atoms with Crippen LogP contribution in [0.1, 0.15) is 46.0 Å². The van der Waals surface area contributed by atoms with Gasteiger partial charge in [0.2, 0.25) is 17.7 Å². The summed E-state index contributed by atoms with van der Waals surface area (Å²) in [5, 5.41) is 25.9. The van der Waals surface area contributed by atoms with Gasteiger partial charge in [0.15, 0.2) is 0 Å². The molecule has 0 saturated heterocycles. The molecule has 3 amide bonds. The average Bonchev–Trinajstić information content (AvgIpc) is 2.75. The van der Waals surface area contributed by atoms with E-state index in [0.717, 1.165) is 0 Å². The van der Waals surface area contributed by atoms with Crippen LogP contribution >= 0.6 is 23.5 Å². The van der Waals surface area contributed by atoms with Gasteiger partial charge in [0.25, 0.3) is 0 Å². The average molecular weight is 523 g/mol. The van der Waals surface area contributed by atoms with Crippen molar-refractivity contribution >= 4 is 53.2 Å². The van der Waals surface area contributed by atoms with Gasteiger partial charge in [-0.1, -0.05) is 13.8 Å². The predicted molar refractivity (Wildman–Crippen MR) is 134 cm³/mol. The molecule has 0 spiro atoms. The maximum Gasteiger partial charge on any atom is 0.326 e. The Bertz CT molecular complexity index is 694. The van der Waals surface area contributed by atoms with Crippen molar-refractivity contribution in [2.75, 3.05) is 24.0 Å². The Hall–Kier alpha value is -1.99. The lowest BCUT2D eigenvalue weighted by molar-refractivity contribution is -0.142. The molecule has 0 aliphatic rings. The predicted octanol–water partition coefficient (Wildman–Crippen LogP) is 0.270. The lowest BCUT2D eigenvalue weighted by Gasteiger charge is -2.25. The van der Waals surface area contributed by atoms with Gasteiger partial charge in [-0.2, -0.15) is 23.5 Å². The molecule has 0 saturated carbocycles. The molecule has 0 aromatic heterocycles. The van der Waals surface area contributed by atoms with Crippen LogP contribution in [0.2, 0.25) is 0 Å². The SMILES string of the molecule is CSCCC(NC(=O)C(CCSC)NC(=O)C(CCC(=O)O)NC(=O)C(N)CC(C)C)C(=O)O. The Kier molecular flexibility index (Phi) is 16.4. The van der Waals surface area contributed by atoms with Crippen molar-refractivity contribution in [1.29, 1.82) is 0 Å². The van der Waals surface area contributed by atoms with Crippen molar-refractivity contribution in [3.05, 3.63) is 0 Å². The molecule has 7 N–H and O–H groups in total. The van der Waals surface area contributed by atoms with Crippen LogP contribution in [0.5, 0.6) is 0 Å². The number of carboxylic acid groups (broad SMARTS) is 2. The van der Waals surface area contributed by atoms with Crippen LogP contribution in [-0.4, -0.2) is 88.1 Å². The van der Waals surface area contributed by atoms with E-state index in [0.29, 0.717) is 17.9 Å². The van der Waals surface area contributed by atoms with Gasteiger partial charge in [-0.05, 0) is 55.6 Å². The van der Waals surface area contributed by atoms with Gasteiger partial charge in [-0.15, -0.1) is 0 Å². The number of rotatable bonds is 18. The monoisotopic (exact) mass is 522 g/mol. The number of hydrogen-bond acceptors (Lipinski definition) is 8. The largest absolute Gasteiger partial charge is 0.481 e. The number of hydrogen-bond donors (Lipinski definition) is 6. The first-order valence-corrected chi connectivity index (χ1v) is 13.8. The first kappa shape index (κ1) is 32.0. The van der Waals surface area contributed by atoms with E-state index in [1.54, 1.807) is 0 Å². The van der Waals surface area contributed by atoms with Gasteiger partial charge in [-0.25, -0.2) is 4.79 Å². The van der Waals surface area contributed by atoms with Gasteiger partial charge in [-0.3, -0.25) is 19.2 Å². The number of amides is 3. The van der Waals surface area contributed by atoms with Crippen molar-refractivity contribution in [1.82, 2.24) is 16.0 Å². The third-order valence-electron chi connectivity index (χ3n) is 4.81. The molecule has 0 aliphatic carbocycles. The first-order chi connectivity index (χ1) is 15.9. The number of nitrogens with one attached hydrogen (secondary N) is 3. The Morgan fingerprint density at radius 1 is 0.765 bits per heavy atom. The van der Waals surface area contributed by atoms with Crippen molar-refractivity contribution < 1.29 is 34.2 Å². The molecule has 13 heteroatoms. The van der Waals surface area contributed by atoms with Crippen LogP contribution < -0.4 is 21.7 Å². The van der Waals surface area contributed by atoms with Gasteiger partial charge >= 0.3 is 11.9 Å². The minimum atomic E-state index is -1.21. The van der Waals surface area contributed by atoms with Crippen LogP contribution in [0.15, 0.2) is 0 Å². The molecule has 11 nitrogen and oxygen atoms in total. The third kappa shape index (κ3) is 13.7. The molecule has 4 atom stereocenters. The van der Waals surface area contributed by atoms with Crippen LogP contribution in [0.4, 0.5) is 0 Å². The van der Waals surface area contributed by atoms with E-state index >= 15 is 0 Å². The second kappa shape index (κ2) is 17.4. The van der Waals surface area contributed by atoms with Crippen LogP contribution in [0.25, 0.3) is 0 Å². The molecular weight excluding hydrogens is 484 g/mol. The highest BCUT2D eigenvalue weighted by atomic mass is 32.2. The topological polar surface area (TPSA) is 188 Å². The lowest BCUT2D eigenvalue weighted by atomic mass is 10.0. The number of thioether (sulfide) groups is 2. The summed E-state index contributed by atoms with van der Waals surface area (Å²) in [6.45, 7) is 3.78. The molecule has 0 heterocycles. The first-order valence-electron chi connectivity index (χ1n) is 11.0. The van der Waals surface area contributed by atoms with Gasteiger partial charge < -0.3 is 31.9 Å². The fraction of sp³-hybridized carbons (Fsp3) is 0.762. The Balaban J connectivity index is 5.47. The summed E-state index contributed by atoms with van der Waals surface area (Å²) in [5.74, 6) is -3.13. The van der Waals surface area contributed by atoms with E-state index in [1.165, 1.54) is 23.5 Å². The van der Waals surface area contributed by atoms with Gasteiger partial charge in [0, 0.05) is 6.42 Å². The summed E-state index contributed by atoms with van der Waals surface area (Å²) in [6, 6.07) is -4.24. The minimum absolute atomic E-state index is 0.139. The highest BCUT2D eigenvalue weighted by Crippen LogP contribution is 2.08.